The number of hydrogen-bond donors (Lipinski definition) is 1. The van der Waals surface area contributed by atoms with Gasteiger partial charge in [-0.1, -0.05) is 24.3 Å². The Morgan fingerprint density at radius 2 is 1.62 bits per heavy atom. The maximum Gasteiger partial charge on any atom is 0.122 e. The van der Waals surface area contributed by atoms with E-state index in [1.165, 1.54) is 0 Å². The molecule has 0 aliphatic carbocycles. The molecule has 0 heterocycles. The Bertz CT molecular complexity index is 602. The highest BCUT2D eigenvalue weighted by atomic mass is 16.5. The first-order chi connectivity index (χ1) is 10.3. The van der Waals surface area contributed by atoms with Gasteiger partial charge in [0, 0.05) is 0 Å². The van der Waals surface area contributed by atoms with Crippen LogP contribution in [0.5, 0.6) is 11.5 Å². The lowest BCUT2D eigenvalue weighted by Gasteiger charge is -2.09. The smallest absolute Gasteiger partial charge is 0.122 e. The molecule has 1 N–H and O–H groups in total. The minimum Gasteiger partial charge on any atom is -0.490 e. The van der Waals surface area contributed by atoms with Crippen LogP contribution in [0.2, 0.25) is 0 Å². The molecule has 0 saturated carbocycles. The Morgan fingerprint density at radius 3 is 2.29 bits per heavy atom. The summed E-state index contributed by atoms with van der Waals surface area (Å²) in [5, 5.41) is 17.6. The Morgan fingerprint density at radius 1 is 0.905 bits per heavy atom. The topological polar surface area (TPSA) is 62.5 Å². The molecule has 4 heteroatoms. The molecule has 108 valence electrons. The van der Waals surface area contributed by atoms with Crippen LogP contribution in [0, 0.1) is 11.3 Å². The zero-order valence-corrected chi connectivity index (χ0v) is 11.7. The van der Waals surface area contributed by atoms with E-state index in [1.807, 2.05) is 42.5 Å². The average molecular weight is 283 g/mol. The van der Waals surface area contributed by atoms with Crippen molar-refractivity contribution in [2.45, 2.75) is 13.0 Å². The Balaban J connectivity index is 1.75. The molecule has 0 aromatic heterocycles. The summed E-state index contributed by atoms with van der Waals surface area (Å²) < 4.78 is 11.1. The van der Waals surface area contributed by atoms with E-state index < -0.39 is 0 Å². The standard InChI is InChI=1S/C17H17NO3/c18-9-8-14-4-6-16(7-5-14)20-10-11-21-17-3-1-2-15(12-17)13-19/h1-7,12,19H,8,10-11,13H2. The van der Waals surface area contributed by atoms with Crippen molar-refractivity contribution < 1.29 is 14.6 Å². The van der Waals surface area contributed by atoms with E-state index in [0.717, 1.165) is 22.6 Å². The van der Waals surface area contributed by atoms with Crippen molar-refractivity contribution in [3.8, 4) is 17.6 Å². The van der Waals surface area contributed by atoms with Crippen molar-refractivity contribution in [2.24, 2.45) is 0 Å². The van der Waals surface area contributed by atoms with Gasteiger partial charge in [-0.05, 0) is 35.4 Å². The van der Waals surface area contributed by atoms with Gasteiger partial charge in [-0.25, -0.2) is 0 Å². The molecule has 0 aliphatic rings. The number of aliphatic hydroxyl groups excluding tert-OH is 1. The number of nitriles is 1. The molecule has 0 saturated heterocycles. The number of hydrogen-bond acceptors (Lipinski definition) is 4. The third-order valence-corrected chi connectivity index (χ3v) is 2.91. The monoisotopic (exact) mass is 283 g/mol. The van der Waals surface area contributed by atoms with Gasteiger partial charge in [0.05, 0.1) is 19.1 Å². The average Bonchev–Trinajstić information content (AvgIpc) is 2.53. The highest BCUT2D eigenvalue weighted by molar-refractivity contribution is 5.29. The normalized spacial score (nSPS) is 9.90. The van der Waals surface area contributed by atoms with Gasteiger partial charge in [0.1, 0.15) is 24.7 Å². The van der Waals surface area contributed by atoms with Crippen LogP contribution in [0.4, 0.5) is 0 Å². The molecule has 0 unspecified atom stereocenters. The van der Waals surface area contributed by atoms with E-state index in [4.69, 9.17) is 19.8 Å². The lowest BCUT2D eigenvalue weighted by atomic mass is 10.2. The minimum atomic E-state index is 0.00272. The molecule has 0 aliphatic heterocycles. The molecular formula is C17H17NO3. The predicted molar refractivity (Wildman–Crippen MR) is 79.1 cm³/mol. The van der Waals surface area contributed by atoms with Crippen molar-refractivity contribution in [1.82, 2.24) is 0 Å². The van der Waals surface area contributed by atoms with Crippen LogP contribution in [0.3, 0.4) is 0 Å². The fraction of sp³-hybridized carbons (Fsp3) is 0.235. The van der Waals surface area contributed by atoms with Gasteiger partial charge < -0.3 is 14.6 Å². The summed E-state index contributed by atoms with van der Waals surface area (Å²) in [4.78, 5) is 0. The SMILES string of the molecule is N#CCc1ccc(OCCOc2cccc(CO)c2)cc1. The summed E-state index contributed by atoms with van der Waals surface area (Å²) in [5.74, 6) is 1.47. The Labute approximate surface area is 124 Å². The van der Waals surface area contributed by atoms with Crippen LogP contribution < -0.4 is 9.47 Å². The fourth-order valence-electron chi connectivity index (χ4n) is 1.85. The number of ether oxygens (including phenoxy) is 2. The van der Waals surface area contributed by atoms with Gasteiger partial charge >= 0.3 is 0 Å². The summed E-state index contributed by atoms with van der Waals surface area (Å²) in [6, 6.07) is 16.9. The van der Waals surface area contributed by atoms with E-state index >= 15 is 0 Å². The first-order valence-corrected chi connectivity index (χ1v) is 6.73. The summed E-state index contributed by atoms with van der Waals surface area (Å²) >= 11 is 0. The second kappa shape index (κ2) is 7.93. The van der Waals surface area contributed by atoms with Crippen LogP contribution in [0.15, 0.2) is 48.5 Å². The molecule has 0 radical (unpaired) electrons. The first kappa shape index (κ1) is 14.9. The number of rotatable bonds is 7. The van der Waals surface area contributed by atoms with Gasteiger partial charge in [0.25, 0.3) is 0 Å². The zero-order valence-electron chi connectivity index (χ0n) is 11.7. The Hall–Kier alpha value is -2.51. The van der Waals surface area contributed by atoms with Crippen LogP contribution in [-0.4, -0.2) is 18.3 Å². The second-order valence-corrected chi connectivity index (χ2v) is 4.48. The van der Waals surface area contributed by atoms with E-state index in [9.17, 15) is 0 Å². The molecule has 4 nitrogen and oxygen atoms in total. The lowest BCUT2D eigenvalue weighted by Crippen LogP contribution is -2.09. The quantitative estimate of drug-likeness (QED) is 0.794. The lowest BCUT2D eigenvalue weighted by molar-refractivity contribution is 0.216. The Kier molecular flexibility index (Phi) is 5.62. The molecule has 21 heavy (non-hydrogen) atoms. The molecule has 2 rings (SSSR count). The minimum absolute atomic E-state index is 0.00272. The van der Waals surface area contributed by atoms with Crippen LogP contribution in [0.25, 0.3) is 0 Å². The molecule has 2 aromatic carbocycles. The van der Waals surface area contributed by atoms with Gasteiger partial charge in [-0.3, -0.25) is 0 Å². The van der Waals surface area contributed by atoms with Crippen LogP contribution in [0.1, 0.15) is 11.1 Å². The van der Waals surface area contributed by atoms with E-state index in [0.29, 0.717) is 19.6 Å². The molecule has 0 bridgehead atoms. The molecule has 0 spiro atoms. The summed E-state index contributed by atoms with van der Waals surface area (Å²) in [6.07, 6.45) is 0.407. The predicted octanol–water partition coefficient (Wildman–Crippen LogP) is 2.70. The highest BCUT2D eigenvalue weighted by Gasteiger charge is 1.98. The van der Waals surface area contributed by atoms with E-state index in [1.54, 1.807) is 6.07 Å². The first-order valence-electron chi connectivity index (χ1n) is 6.73. The van der Waals surface area contributed by atoms with Crippen molar-refractivity contribution in [1.29, 1.82) is 5.26 Å². The molecule has 0 fully saturated rings. The maximum absolute atomic E-state index is 9.04. The van der Waals surface area contributed by atoms with Crippen molar-refractivity contribution in [3.63, 3.8) is 0 Å². The van der Waals surface area contributed by atoms with E-state index in [2.05, 4.69) is 6.07 Å². The second-order valence-electron chi connectivity index (χ2n) is 4.48. The fourth-order valence-corrected chi connectivity index (χ4v) is 1.85. The maximum atomic E-state index is 9.04. The molecule has 0 amide bonds. The number of nitrogens with zero attached hydrogens (tertiary/aromatic N) is 1. The third-order valence-electron chi connectivity index (χ3n) is 2.91. The number of benzene rings is 2. The molecule has 2 aromatic rings. The van der Waals surface area contributed by atoms with Crippen LogP contribution in [-0.2, 0) is 13.0 Å². The summed E-state index contributed by atoms with van der Waals surface area (Å²) in [6.45, 7) is 0.860. The van der Waals surface area contributed by atoms with Gasteiger partial charge in [-0.15, -0.1) is 0 Å². The van der Waals surface area contributed by atoms with Gasteiger partial charge in [0.15, 0.2) is 0 Å². The van der Waals surface area contributed by atoms with Gasteiger partial charge in [0.2, 0.25) is 0 Å². The van der Waals surface area contributed by atoms with Crippen molar-refractivity contribution >= 4 is 0 Å². The zero-order chi connectivity index (χ0) is 14.9. The largest absolute Gasteiger partial charge is 0.490 e. The highest BCUT2D eigenvalue weighted by Crippen LogP contribution is 2.14. The summed E-state index contributed by atoms with van der Waals surface area (Å²) in [5.41, 5.74) is 1.79. The van der Waals surface area contributed by atoms with Crippen LogP contribution >= 0.6 is 0 Å². The molecule has 0 atom stereocenters. The van der Waals surface area contributed by atoms with E-state index in [-0.39, 0.29) is 6.61 Å². The molecular weight excluding hydrogens is 266 g/mol. The summed E-state index contributed by atoms with van der Waals surface area (Å²) in [7, 11) is 0. The van der Waals surface area contributed by atoms with Crippen molar-refractivity contribution in [3.05, 3.63) is 59.7 Å². The number of aliphatic hydroxyl groups is 1. The third kappa shape index (κ3) is 4.83. The van der Waals surface area contributed by atoms with Crippen molar-refractivity contribution in [2.75, 3.05) is 13.2 Å². The van der Waals surface area contributed by atoms with Gasteiger partial charge in [-0.2, -0.15) is 5.26 Å².